The van der Waals surface area contributed by atoms with E-state index in [1.807, 2.05) is 42.5 Å². The minimum atomic E-state index is -0.629. The molecule has 3 rings (SSSR count). The minimum Gasteiger partial charge on any atom is -0.454 e. The molecular weight excluding hydrogens is 498 g/mol. The lowest BCUT2D eigenvalue weighted by Gasteiger charge is -2.15. The zero-order valence-electron chi connectivity index (χ0n) is 17.2. The fourth-order valence-corrected chi connectivity index (χ4v) is 3.46. The van der Waals surface area contributed by atoms with Crippen LogP contribution in [0.5, 0.6) is 0 Å². The summed E-state index contributed by atoms with van der Waals surface area (Å²) in [6, 6.07) is 14.8. The molecule has 0 aliphatic heterocycles. The molecule has 0 saturated heterocycles. The molecule has 0 fully saturated rings. The second-order valence-electron chi connectivity index (χ2n) is 6.19. The van der Waals surface area contributed by atoms with Crippen molar-refractivity contribution in [2.45, 2.75) is 13.0 Å². The van der Waals surface area contributed by atoms with Gasteiger partial charge in [-0.25, -0.2) is 4.79 Å². The number of hydrogen-bond acceptors (Lipinski definition) is 4. The van der Waals surface area contributed by atoms with Crippen molar-refractivity contribution in [1.82, 2.24) is 0 Å². The maximum Gasteiger partial charge on any atom is 0.412 e. The predicted octanol–water partition coefficient (Wildman–Crippen LogP) is 8.50. The van der Waals surface area contributed by atoms with Crippen molar-refractivity contribution < 1.29 is 13.9 Å². The van der Waals surface area contributed by atoms with Crippen LogP contribution in [0.3, 0.4) is 0 Å². The van der Waals surface area contributed by atoms with Crippen LogP contribution in [0.2, 0.25) is 5.02 Å². The van der Waals surface area contributed by atoms with Crippen molar-refractivity contribution in [3.63, 3.8) is 0 Å². The average Bonchev–Trinajstić information content (AvgIpc) is 3.13. The van der Waals surface area contributed by atoms with Crippen LogP contribution in [-0.2, 0) is 4.74 Å². The van der Waals surface area contributed by atoms with E-state index in [4.69, 9.17) is 20.8 Å². The summed E-state index contributed by atoms with van der Waals surface area (Å²) in [5.74, 6) is 0.997. The van der Waals surface area contributed by atoms with Gasteiger partial charge in [0.15, 0.2) is 5.76 Å². The number of benzene rings is 2. The van der Waals surface area contributed by atoms with Crippen LogP contribution in [0.1, 0.15) is 29.9 Å². The second-order valence-corrected chi connectivity index (χ2v) is 7.52. The summed E-state index contributed by atoms with van der Waals surface area (Å²) in [7, 11) is 0. The van der Waals surface area contributed by atoms with Gasteiger partial charge in [-0.1, -0.05) is 77.1 Å². The third kappa shape index (κ3) is 6.06. The molecule has 162 valence electrons. The normalized spacial score (nSPS) is 11.0. The average molecular weight is 521 g/mol. The highest BCUT2D eigenvalue weighted by atomic mass is 79.9. The van der Waals surface area contributed by atoms with Gasteiger partial charge in [-0.3, -0.25) is 5.32 Å². The molecule has 0 aliphatic carbocycles. The maximum atomic E-state index is 12.6. The Morgan fingerprint density at radius 1 is 1.16 bits per heavy atom. The van der Waals surface area contributed by atoms with Crippen LogP contribution in [0.25, 0.3) is 23.5 Å². The lowest BCUT2D eigenvalue weighted by atomic mass is 10.1. The summed E-state index contributed by atoms with van der Waals surface area (Å²) in [4.78, 5) is 12.6. The van der Waals surface area contributed by atoms with Crippen LogP contribution in [0, 0.1) is 0 Å². The number of carbonyl (C=O) groups excluding carboxylic acids is 1. The van der Waals surface area contributed by atoms with Crippen LogP contribution >= 0.6 is 40.2 Å². The molecular formula is C24H23BrClNO3S. The smallest absolute Gasteiger partial charge is 0.412 e. The molecule has 0 unspecified atom stereocenters. The van der Waals surface area contributed by atoms with Gasteiger partial charge in [-0.05, 0) is 37.5 Å². The highest BCUT2D eigenvalue weighted by molar-refractivity contribution is 9.10. The number of ether oxygens (including phenoxy) is 1. The van der Waals surface area contributed by atoms with E-state index in [0.29, 0.717) is 27.8 Å². The molecule has 1 atom stereocenters. The van der Waals surface area contributed by atoms with Crippen LogP contribution in [-0.4, -0.2) is 12.3 Å². The molecule has 7 heteroatoms. The first-order valence-corrected chi connectivity index (χ1v) is 11.4. The Morgan fingerprint density at radius 3 is 2.39 bits per heavy atom. The van der Waals surface area contributed by atoms with Gasteiger partial charge < -0.3 is 9.15 Å². The molecule has 1 N–H and O–H groups in total. The molecule has 31 heavy (non-hydrogen) atoms. The molecule has 3 aromatic rings. The number of rotatable bonds is 6. The molecule has 0 saturated carbocycles. The second kappa shape index (κ2) is 11.8. The van der Waals surface area contributed by atoms with Crippen molar-refractivity contribution in [3.05, 3.63) is 88.1 Å². The Kier molecular flexibility index (Phi) is 9.49. The number of amides is 1. The number of nitrogens with one attached hydrogen (secondary N) is 1. The molecule has 2 aromatic carbocycles. The zero-order valence-corrected chi connectivity index (χ0v) is 20.4. The van der Waals surface area contributed by atoms with E-state index in [9.17, 15) is 4.79 Å². The lowest BCUT2D eigenvalue weighted by molar-refractivity contribution is 0.121. The third-order valence-electron chi connectivity index (χ3n) is 4.32. The molecule has 0 spiro atoms. The number of anilines is 1. The summed E-state index contributed by atoms with van der Waals surface area (Å²) in [5, 5.41) is 3.32. The molecule has 0 bridgehead atoms. The molecule has 0 aliphatic rings. The first kappa shape index (κ1) is 24.9. The molecule has 1 amide bonds. The molecule has 1 aromatic heterocycles. The first-order chi connectivity index (χ1) is 14.9. The van der Waals surface area contributed by atoms with Crippen LogP contribution < -0.4 is 5.32 Å². The van der Waals surface area contributed by atoms with E-state index in [-0.39, 0.29) is 0 Å². The van der Waals surface area contributed by atoms with E-state index < -0.39 is 12.2 Å². The number of thiol groups is 1. The monoisotopic (exact) mass is 519 g/mol. The van der Waals surface area contributed by atoms with E-state index in [2.05, 4.69) is 47.0 Å². The largest absolute Gasteiger partial charge is 0.454 e. The summed E-state index contributed by atoms with van der Waals surface area (Å²) >= 11 is 13.1. The Morgan fingerprint density at radius 2 is 1.81 bits per heavy atom. The number of hydrogen-bond donors (Lipinski definition) is 2. The fraction of sp³-hybridized carbons (Fsp3) is 0.125. The summed E-state index contributed by atoms with van der Waals surface area (Å²) in [6.45, 7) is 9.35. The Bertz CT molecular complexity index is 1060. The van der Waals surface area contributed by atoms with Crippen molar-refractivity contribution in [2.24, 2.45) is 0 Å². The highest BCUT2D eigenvalue weighted by Gasteiger charge is 2.22. The topological polar surface area (TPSA) is 51.5 Å². The van der Waals surface area contributed by atoms with Gasteiger partial charge in [-0.15, -0.1) is 0 Å². The van der Waals surface area contributed by atoms with E-state index in [1.54, 1.807) is 31.4 Å². The molecule has 4 nitrogen and oxygen atoms in total. The van der Waals surface area contributed by atoms with E-state index in [0.717, 1.165) is 15.6 Å². The van der Waals surface area contributed by atoms with Gasteiger partial charge in [-0.2, -0.15) is 12.6 Å². The summed E-state index contributed by atoms with van der Waals surface area (Å²) in [5.41, 5.74) is 2.60. The predicted molar refractivity (Wildman–Crippen MR) is 137 cm³/mol. The third-order valence-corrected chi connectivity index (χ3v) is 5.20. The van der Waals surface area contributed by atoms with Crippen molar-refractivity contribution in [1.29, 1.82) is 0 Å². The molecule has 1 heterocycles. The van der Waals surface area contributed by atoms with Crippen molar-refractivity contribution >= 4 is 64.1 Å². The highest BCUT2D eigenvalue weighted by Crippen LogP contribution is 2.38. The Labute approximate surface area is 201 Å². The zero-order chi connectivity index (χ0) is 23.0. The van der Waals surface area contributed by atoms with Crippen LogP contribution in [0.15, 0.2) is 70.6 Å². The van der Waals surface area contributed by atoms with Gasteiger partial charge >= 0.3 is 6.09 Å². The van der Waals surface area contributed by atoms with E-state index in [1.165, 1.54) is 0 Å². The maximum absolute atomic E-state index is 12.6. The Hall–Kier alpha value is -2.41. The number of carbonyl (C=O) groups is 1. The lowest BCUT2D eigenvalue weighted by Crippen LogP contribution is -2.17. The van der Waals surface area contributed by atoms with Gasteiger partial charge in [0.05, 0.1) is 5.69 Å². The SMILES string of the molecule is C=Cc1oc(-c2ccc(Br)cc2)c(NC(=O)O[C@H](C)c2ccccc2Cl)c1C=C.CS. The van der Waals surface area contributed by atoms with Crippen LogP contribution in [0.4, 0.5) is 10.5 Å². The number of furan rings is 1. The molecule has 0 radical (unpaired) electrons. The quantitative estimate of drug-likeness (QED) is 0.320. The fourth-order valence-electron chi connectivity index (χ4n) is 2.90. The first-order valence-electron chi connectivity index (χ1n) is 9.29. The summed E-state index contributed by atoms with van der Waals surface area (Å²) in [6.07, 6.45) is 3.71. The minimum absolute atomic E-state index is 0.466. The van der Waals surface area contributed by atoms with Gasteiger partial charge in [0.2, 0.25) is 0 Å². The van der Waals surface area contributed by atoms with E-state index >= 15 is 0 Å². The van der Waals surface area contributed by atoms with Crippen molar-refractivity contribution in [3.8, 4) is 11.3 Å². The van der Waals surface area contributed by atoms with Gasteiger partial charge in [0.25, 0.3) is 0 Å². The summed E-state index contributed by atoms with van der Waals surface area (Å²) < 4.78 is 12.4. The van der Waals surface area contributed by atoms with Crippen molar-refractivity contribution in [2.75, 3.05) is 11.6 Å². The Balaban J connectivity index is 0.00000166. The van der Waals surface area contributed by atoms with Gasteiger partial charge in [0.1, 0.15) is 11.9 Å². The standard InChI is InChI=1S/C23H19BrClNO3.CH4S/c1-4-17-20(5-2)29-22(15-10-12-16(24)13-11-15)21(17)26-23(27)28-14(3)18-8-6-7-9-19(18)25;1-2/h4-14H,1-2H2,3H3,(H,26,27);2H,1H3/t14-;/m1./s1. The van der Waals surface area contributed by atoms with Gasteiger partial charge in [0, 0.05) is 26.2 Å². The number of halogens is 2.